The number of carbonyl (C=O) groups is 2. The van der Waals surface area contributed by atoms with E-state index in [9.17, 15) is 9.59 Å². The predicted octanol–water partition coefficient (Wildman–Crippen LogP) is 2.55. The van der Waals surface area contributed by atoms with Gasteiger partial charge in [0.2, 0.25) is 0 Å². The van der Waals surface area contributed by atoms with Crippen molar-refractivity contribution in [3.8, 4) is 0 Å². The van der Waals surface area contributed by atoms with Gasteiger partial charge in [-0.05, 0) is 37.2 Å². The topological polar surface area (TPSA) is 55.4 Å². The molecule has 1 N–H and O–H groups in total. The molecule has 4 nitrogen and oxygen atoms in total. The van der Waals surface area contributed by atoms with E-state index in [2.05, 4.69) is 5.32 Å². The lowest BCUT2D eigenvalue weighted by Gasteiger charge is -2.20. The molecule has 2 rings (SSSR count). The summed E-state index contributed by atoms with van der Waals surface area (Å²) in [6, 6.07) is -0.591. The first-order valence-corrected chi connectivity index (χ1v) is 7.90. The molecule has 1 aliphatic rings. The lowest BCUT2D eigenvalue weighted by molar-refractivity contribution is -0.144. The molecule has 20 heavy (non-hydrogen) atoms. The Hall–Kier alpha value is -1.36. The molecule has 1 aromatic heterocycles. The lowest BCUT2D eigenvalue weighted by Crippen LogP contribution is -2.45. The van der Waals surface area contributed by atoms with Gasteiger partial charge in [-0.2, -0.15) is 0 Å². The van der Waals surface area contributed by atoms with Gasteiger partial charge in [0.1, 0.15) is 6.04 Å². The average molecular weight is 295 g/mol. The third kappa shape index (κ3) is 3.03. The summed E-state index contributed by atoms with van der Waals surface area (Å²) in [4.78, 5) is 25.4. The summed E-state index contributed by atoms with van der Waals surface area (Å²) in [7, 11) is 1.34. The van der Waals surface area contributed by atoms with Crippen LogP contribution in [-0.4, -0.2) is 25.0 Å². The molecule has 1 heterocycles. The van der Waals surface area contributed by atoms with Gasteiger partial charge in [-0.15, -0.1) is 11.3 Å². The van der Waals surface area contributed by atoms with E-state index >= 15 is 0 Å². The normalized spacial score (nSPS) is 15.6. The molecule has 0 saturated heterocycles. The van der Waals surface area contributed by atoms with E-state index in [1.54, 1.807) is 11.3 Å². The number of aryl methyl sites for hydroxylation is 1. The van der Waals surface area contributed by atoms with E-state index in [1.807, 2.05) is 19.2 Å². The van der Waals surface area contributed by atoms with Crippen LogP contribution in [0.5, 0.6) is 0 Å². The smallest absolute Gasteiger partial charge is 0.328 e. The summed E-state index contributed by atoms with van der Waals surface area (Å²) in [6.45, 7) is 3.79. The fourth-order valence-electron chi connectivity index (χ4n) is 2.53. The minimum atomic E-state index is -0.591. The third-order valence-corrected chi connectivity index (χ3v) is 4.80. The van der Waals surface area contributed by atoms with Crippen molar-refractivity contribution in [2.75, 3.05) is 7.11 Å². The van der Waals surface area contributed by atoms with Gasteiger partial charge in [0.05, 0.1) is 12.7 Å². The molecule has 5 heteroatoms. The fourth-order valence-corrected chi connectivity index (χ4v) is 3.65. The molecule has 0 spiro atoms. The van der Waals surface area contributed by atoms with Crippen LogP contribution in [0.25, 0.3) is 0 Å². The van der Waals surface area contributed by atoms with Gasteiger partial charge in [0.25, 0.3) is 5.91 Å². The van der Waals surface area contributed by atoms with Crippen molar-refractivity contribution in [2.24, 2.45) is 5.92 Å². The quantitative estimate of drug-likeness (QED) is 0.869. The minimum Gasteiger partial charge on any atom is -0.467 e. The number of methoxy groups -OCH3 is 1. The van der Waals surface area contributed by atoms with Crippen LogP contribution in [0.3, 0.4) is 0 Å². The molecule has 1 aromatic rings. The number of hydrogen-bond donors (Lipinski definition) is 1. The van der Waals surface area contributed by atoms with E-state index in [-0.39, 0.29) is 11.8 Å². The van der Waals surface area contributed by atoms with Gasteiger partial charge in [-0.3, -0.25) is 4.79 Å². The van der Waals surface area contributed by atoms with Crippen molar-refractivity contribution in [3.05, 3.63) is 21.4 Å². The van der Waals surface area contributed by atoms with E-state index in [4.69, 9.17) is 4.74 Å². The largest absolute Gasteiger partial charge is 0.467 e. The highest BCUT2D eigenvalue weighted by Gasteiger charge is 2.27. The molecule has 0 saturated carbocycles. The summed E-state index contributed by atoms with van der Waals surface area (Å²) >= 11 is 1.65. The van der Waals surface area contributed by atoms with Gasteiger partial charge < -0.3 is 10.1 Å². The molecule has 1 atom stereocenters. The number of ether oxygens (including phenoxy) is 1. The van der Waals surface area contributed by atoms with Crippen LogP contribution >= 0.6 is 11.3 Å². The van der Waals surface area contributed by atoms with E-state index < -0.39 is 12.0 Å². The Kier molecular flexibility index (Phi) is 4.81. The first-order valence-electron chi connectivity index (χ1n) is 7.02. The van der Waals surface area contributed by atoms with Crippen molar-refractivity contribution in [3.63, 3.8) is 0 Å². The SMILES string of the molecule is COC(=O)C(NC(=O)c1csc2c1CCCC2)C(C)C. The van der Waals surface area contributed by atoms with Crippen molar-refractivity contribution >= 4 is 23.2 Å². The maximum absolute atomic E-state index is 12.4. The number of esters is 1. The zero-order valence-corrected chi connectivity index (χ0v) is 13.0. The summed E-state index contributed by atoms with van der Waals surface area (Å²) in [6.07, 6.45) is 4.37. The van der Waals surface area contributed by atoms with Crippen LogP contribution < -0.4 is 5.32 Å². The van der Waals surface area contributed by atoms with E-state index in [1.165, 1.54) is 24.0 Å². The second-order valence-corrected chi connectivity index (χ2v) is 6.44. The molecule has 0 fully saturated rings. The summed E-state index contributed by atoms with van der Waals surface area (Å²) in [5.41, 5.74) is 1.91. The number of hydrogen-bond acceptors (Lipinski definition) is 4. The van der Waals surface area contributed by atoms with Crippen LogP contribution in [0.1, 0.15) is 47.5 Å². The summed E-state index contributed by atoms with van der Waals surface area (Å²) in [5, 5.41) is 4.73. The zero-order chi connectivity index (χ0) is 14.7. The molecular formula is C15H21NO3S. The zero-order valence-electron chi connectivity index (χ0n) is 12.2. The van der Waals surface area contributed by atoms with Gasteiger partial charge in [-0.25, -0.2) is 4.79 Å². The van der Waals surface area contributed by atoms with Gasteiger partial charge in [-0.1, -0.05) is 13.8 Å². The fraction of sp³-hybridized carbons (Fsp3) is 0.600. The Morgan fingerprint density at radius 2 is 2.00 bits per heavy atom. The molecule has 1 unspecified atom stereocenters. The number of amides is 1. The van der Waals surface area contributed by atoms with Gasteiger partial charge in [0, 0.05) is 10.3 Å². The Balaban J connectivity index is 2.15. The highest BCUT2D eigenvalue weighted by Crippen LogP contribution is 2.30. The highest BCUT2D eigenvalue weighted by atomic mass is 32.1. The molecular weight excluding hydrogens is 274 g/mol. The second-order valence-electron chi connectivity index (χ2n) is 5.48. The third-order valence-electron chi connectivity index (χ3n) is 3.71. The summed E-state index contributed by atoms with van der Waals surface area (Å²) < 4.78 is 4.75. The van der Waals surface area contributed by atoms with Gasteiger partial charge in [0.15, 0.2) is 0 Å². The Labute approximate surface area is 123 Å². The minimum absolute atomic E-state index is 0.000798. The maximum Gasteiger partial charge on any atom is 0.328 e. The Morgan fingerprint density at radius 3 is 2.65 bits per heavy atom. The van der Waals surface area contributed by atoms with Crippen molar-refractivity contribution in [1.82, 2.24) is 5.32 Å². The van der Waals surface area contributed by atoms with Gasteiger partial charge >= 0.3 is 5.97 Å². The van der Waals surface area contributed by atoms with Crippen LogP contribution in [-0.2, 0) is 22.4 Å². The average Bonchev–Trinajstić information content (AvgIpc) is 2.87. The molecule has 0 bridgehead atoms. The standard InChI is InChI=1S/C15H21NO3S/c1-9(2)13(15(18)19-3)16-14(17)11-8-20-12-7-5-4-6-10(11)12/h8-9,13H,4-7H2,1-3H3,(H,16,17). The molecule has 0 radical (unpaired) electrons. The molecule has 0 aromatic carbocycles. The Bertz CT molecular complexity index is 507. The second kappa shape index (κ2) is 6.39. The van der Waals surface area contributed by atoms with Crippen LogP contribution in [0.4, 0.5) is 0 Å². The van der Waals surface area contributed by atoms with E-state index in [0.717, 1.165) is 24.8 Å². The van der Waals surface area contributed by atoms with Crippen molar-refractivity contribution in [2.45, 2.75) is 45.6 Å². The first-order chi connectivity index (χ1) is 9.54. The van der Waals surface area contributed by atoms with Crippen LogP contribution in [0, 0.1) is 5.92 Å². The lowest BCUT2D eigenvalue weighted by atomic mass is 9.95. The van der Waals surface area contributed by atoms with Crippen molar-refractivity contribution < 1.29 is 14.3 Å². The molecule has 0 aliphatic heterocycles. The molecule has 110 valence electrons. The number of fused-ring (bicyclic) bond motifs is 1. The van der Waals surface area contributed by atoms with Crippen LogP contribution in [0.15, 0.2) is 5.38 Å². The maximum atomic E-state index is 12.4. The van der Waals surface area contributed by atoms with Crippen molar-refractivity contribution in [1.29, 1.82) is 0 Å². The predicted molar refractivity (Wildman–Crippen MR) is 79.1 cm³/mol. The number of rotatable bonds is 4. The molecule has 1 aliphatic carbocycles. The van der Waals surface area contributed by atoms with E-state index in [0.29, 0.717) is 0 Å². The molecule has 1 amide bonds. The monoisotopic (exact) mass is 295 g/mol. The Morgan fingerprint density at radius 1 is 1.30 bits per heavy atom. The number of nitrogens with one attached hydrogen (secondary N) is 1. The first kappa shape index (κ1) is 15.0. The number of carbonyl (C=O) groups excluding carboxylic acids is 2. The number of thiophene rings is 1. The summed E-state index contributed by atoms with van der Waals surface area (Å²) in [5.74, 6) is -0.549. The highest BCUT2D eigenvalue weighted by molar-refractivity contribution is 7.10. The van der Waals surface area contributed by atoms with Crippen LogP contribution in [0.2, 0.25) is 0 Å².